The van der Waals surface area contributed by atoms with Crippen molar-refractivity contribution >= 4 is 11.9 Å². The van der Waals surface area contributed by atoms with E-state index in [1.54, 1.807) is 56.4 Å². The Hall–Kier alpha value is -2.76. The molecule has 0 spiro atoms. The zero-order valence-corrected chi connectivity index (χ0v) is 26.4. The predicted octanol–water partition coefficient (Wildman–Crippen LogP) is 0.120. The summed E-state index contributed by atoms with van der Waals surface area (Å²) in [4.78, 5) is 24.4. The molecule has 1 unspecified atom stereocenters. The molecule has 0 amide bonds. The summed E-state index contributed by atoms with van der Waals surface area (Å²) in [6, 6.07) is -1.08. The Labute approximate surface area is 273 Å². The van der Waals surface area contributed by atoms with Crippen LogP contribution < -0.4 is 5.73 Å². The maximum atomic E-state index is 12.3. The Morgan fingerprint density at radius 2 is 1.64 bits per heavy atom. The van der Waals surface area contributed by atoms with Gasteiger partial charge in [0.15, 0.2) is 12.1 Å². The molecule has 4 heterocycles. The molecule has 3 fully saturated rings. The maximum Gasteiger partial charge on any atom is 0.330 e. The van der Waals surface area contributed by atoms with Crippen LogP contribution in [0, 0.1) is 5.92 Å². The van der Waals surface area contributed by atoms with Gasteiger partial charge in [0.05, 0.1) is 48.8 Å². The standard InChI is InChI=1S/C33H47NO13/c1-18-10-8-6-4-3-5-7-9-11-21(45-32-30(39)28(34)29(38)19(2)44-32)15-25-27(31(40)41)22(36)17-33(42,47-25)16-20(35)14-24-23(46-24)12-13-26(37)43-18/h3-9,11-13,18-25,27-30,32,35-36,38-39,42H,10,14-17,34H2,1-2H3,(H,40,41)/b4-3+,7-5+,8-6+,11-9+,13-12+/t18-,19-,20+,21+,22+,23?,24-,25+,27-,28+,29-,30+,32+,33-/m1/s1. The van der Waals surface area contributed by atoms with Crippen LogP contribution in [-0.4, -0.2) is 122 Å². The summed E-state index contributed by atoms with van der Waals surface area (Å²) in [5.41, 5.74) is 5.98. The third kappa shape index (κ3) is 10.6. The number of allylic oxidation sites excluding steroid dienone is 6. The number of aliphatic hydroxyl groups excluding tert-OH is 4. The molecule has 14 heteroatoms. The minimum atomic E-state index is -2.10. The predicted molar refractivity (Wildman–Crippen MR) is 165 cm³/mol. The van der Waals surface area contributed by atoms with Crippen LogP contribution in [0.4, 0.5) is 0 Å². The normalized spacial score (nSPS) is 47.2. The maximum absolute atomic E-state index is 12.3. The molecule has 0 aromatic carbocycles. The van der Waals surface area contributed by atoms with Gasteiger partial charge in [-0.25, -0.2) is 4.79 Å². The zero-order chi connectivity index (χ0) is 34.3. The van der Waals surface area contributed by atoms with Gasteiger partial charge in [-0.1, -0.05) is 48.6 Å². The smallest absolute Gasteiger partial charge is 0.330 e. The van der Waals surface area contributed by atoms with Gasteiger partial charge in [-0.2, -0.15) is 0 Å². The number of carboxylic acids is 1. The lowest BCUT2D eigenvalue weighted by Gasteiger charge is -2.45. The molecule has 14 atom stereocenters. The highest BCUT2D eigenvalue weighted by atomic mass is 16.7. The molecule has 0 radical (unpaired) electrons. The second kappa shape index (κ2) is 16.6. The van der Waals surface area contributed by atoms with Crippen LogP contribution in [-0.2, 0) is 33.3 Å². The Morgan fingerprint density at radius 3 is 2.36 bits per heavy atom. The lowest BCUT2D eigenvalue weighted by Crippen LogP contribution is -2.61. The largest absolute Gasteiger partial charge is 0.481 e. The zero-order valence-electron chi connectivity index (χ0n) is 26.4. The number of carboxylic acid groups (broad SMARTS) is 1. The van der Waals surface area contributed by atoms with E-state index < -0.39 is 97.3 Å². The van der Waals surface area contributed by atoms with Gasteiger partial charge in [0.25, 0.3) is 0 Å². The molecule has 3 saturated heterocycles. The molecule has 4 aliphatic rings. The quantitative estimate of drug-likeness (QED) is 0.157. The molecule has 4 rings (SSSR count). The topological polar surface area (TPSA) is 231 Å². The first-order chi connectivity index (χ1) is 22.3. The number of carbonyl (C=O) groups is 2. The summed E-state index contributed by atoms with van der Waals surface area (Å²) < 4.78 is 28.5. The molecule has 0 aromatic rings. The molecule has 4 aliphatic heterocycles. The van der Waals surface area contributed by atoms with Gasteiger partial charge in [-0.15, -0.1) is 0 Å². The number of nitrogens with two attached hydrogens (primary N) is 1. The van der Waals surface area contributed by atoms with Crippen molar-refractivity contribution in [3.8, 4) is 0 Å². The Balaban J connectivity index is 1.58. The van der Waals surface area contributed by atoms with E-state index in [0.717, 1.165) is 0 Å². The number of cyclic esters (lactones) is 1. The molecular formula is C33H47NO13. The number of aliphatic hydroxyl groups is 5. The number of fused-ring (bicyclic) bond motifs is 3. The van der Waals surface area contributed by atoms with Gasteiger partial charge < -0.3 is 60.1 Å². The van der Waals surface area contributed by atoms with Crippen LogP contribution in [0.25, 0.3) is 0 Å². The van der Waals surface area contributed by atoms with Crippen molar-refractivity contribution in [2.75, 3.05) is 0 Å². The van der Waals surface area contributed by atoms with Crippen molar-refractivity contribution in [3.63, 3.8) is 0 Å². The average molecular weight is 666 g/mol. The van der Waals surface area contributed by atoms with E-state index in [4.69, 9.17) is 29.4 Å². The summed E-state index contributed by atoms with van der Waals surface area (Å²) in [5.74, 6) is -5.45. The second-order valence-corrected chi connectivity index (χ2v) is 12.6. The third-order valence-corrected chi connectivity index (χ3v) is 8.58. The van der Waals surface area contributed by atoms with E-state index in [0.29, 0.717) is 6.42 Å². The van der Waals surface area contributed by atoms with Gasteiger partial charge in [-0.3, -0.25) is 4.79 Å². The summed E-state index contributed by atoms with van der Waals surface area (Å²) in [6.45, 7) is 3.34. The van der Waals surface area contributed by atoms with E-state index >= 15 is 0 Å². The highest BCUT2D eigenvalue weighted by Crippen LogP contribution is 2.39. The summed E-state index contributed by atoms with van der Waals surface area (Å²) in [7, 11) is 0. The first-order valence-corrected chi connectivity index (χ1v) is 15.9. The number of carbonyl (C=O) groups excluding carboxylic acids is 1. The van der Waals surface area contributed by atoms with Crippen molar-refractivity contribution in [1.82, 2.24) is 0 Å². The molecule has 47 heavy (non-hydrogen) atoms. The average Bonchev–Trinajstić information content (AvgIpc) is 3.72. The lowest BCUT2D eigenvalue weighted by molar-refractivity contribution is -0.308. The Kier molecular flexibility index (Phi) is 13.1. The highest BCUT2D eigenvalue weighted by Gasteiger charge is 2.51. The second-order valence-electron chi connectivity index (χ2n) is 12.6. The molecule has 0 aliphatic carbocycles. The minimum absolute atomic E-state index is 0.0789. The Morgan fingerprint density at radius 1 is 0.936 bits per heavy atom. The van der Waals surface area contributed by atoms with Crippen molar-refractivity contribution in [2.45, 2.75) is 125 Å². The third-order valence-electron chi connectivity index (χ3n) is 8.58. The summed E-state index contributed by atoms with van der Waals surface area (Å²) in [6.07, 6.45) is 5.25. The molecule has 8 N–H and O–H groups in total. The van der Waals surface area contributed by atoms with Crippen molar-refractivity contribution in [3.05, 3.63) is 60.8 Å². The number of hydrogen-bond acceptors (Lipinski definition) is 13. The molecule has 0 aromatic heterocycles. The number of rotatable bonds is 3. The van der Waals surface area contributed by atoms with Crippen LogP contribution in [0.15, 0.2) is 60.8 Å². The fourth-order valence-corrected chi connectivity index (χ4v) is 6.00. The van der Waals surface area contributed by atoms with Gasteiger partial charge in [0, 0.05) is 38.2 Å². The van der Waals surface area contributed by atoms with E-state index in [9.17, 15) is 40.2 Å². The van der Waals surface area contributed by atoms with E-state index in [1.807, 2.05) is 6.08 Å². The summed E-state index contributed by atoms with van der Waals surface area (Å²) >= 11 is 0. The van der Waals surface area contributed by atoms with Crippen molar-refractivity contribution in [1.29, 1.82) is 0 Å². The number of esters is 1. The van der Waals surface area contributed by atoms with E-state index in [2.05, 4.69) is 0 Å². The van der Waals surface area contributed by atoms with Gasteiger partial charge in [-0.05, 0) is 19.9 Å². The molecule has 2 bridgehead atoms. The van der Waals surface area contributed by atoms with Crippen LogP contribution >= 0.6 is 0 Å². The van der Waals surface area contributed by atoms with E-state index in [1.165, 1.54) is 12.2 Å². The van der Waals surface area contributed by atoms with Crippen LogP contribution in [0.2, 0.25) is 0 Å². The number of epoxide rings is 1. The van der Waals surface area contributed by atoms with Crippen LogP contribution in [0.1, 0.15) is 46.0 Å². The fourth-order valence-electron chi connectivity index (χ4n) is 6.00. The van der Waals surface area contributed by atoms with Gasteiger partial charge in [0.1, 0.15) is 24.2 Å². The van der Waals surface area contributed by atoms with Gasteiger partial charge in [0.2, 0.25) is 0 Å². The van der Waals surface area contributed by atoms with Crippen LogP contribution in [0.5, 0.6) is 0 Å². The lowest BCUT2D eigenvalue weighted by atomic mass is 9.83. The molecule has 262 valence electrons. The fraction of sp³-hybridized carbons (Fsp3) is 0.636. The first-order valence-electron chi connectivity index (χ1n) is 15.9. The number of ether oxygens (including phenoxy) is 5. The van der Waals surface area contributed by atoms with Gasteiger partial charge >= 0.3 is 11.9 Å². The molecular weight excluding hydrogens is 618 g/mol. The SMILES string of the molecule is C[C@@H]1C/C=C/C=C/C=C/C=C/[C@H](O[C@@H]2O[C@H](C)[C@@H](O)[C@H](N)[C@@H]2O)C[C@@H]2O[C@](O)(C[C@@H](O)C[C@H]3OC3/C=C/C(=O)O1)C[C@H](O)[C@H]2C(=O)O. The molecule has 0 saturated carbocycles. The monoisotopic (exact) mass is 665 g/mol. The highest BCUT2D eigenvalue weighted by molar-refractivity contribution is 5.82. The first kappa shape index (κ1) is 37.1. The van der Waals surface area contributed by atoms with Crippen molar-refractivity contribution < 1.29 is 63.9 Å². The Bertz CT molecular complexity index is 1220. The van der Waals surface area contributed by atoms with Crippen LogP contribution in [0.3, 0.4) is 0 Å². The number of aliphatic carboxylic acids is 1. The number of hydrogen-bond donors (Lipinski definition) is 7. The summed E-state index contributed by atoms with van der Waals surface area (Å²) in [5, 5.41) is 63.9. The van der Waals surface area contributed by atoms with Crippen molar-refractivity contribution in [2.24, 2.45) is 11.7 Å². The van der Waals surface area contributed by atoms with E-state index in [-0.39, 0.29) is 25.4 Å². The molecule has 14 nitrogen and oxygen atoms in total. The minimum Gasteiger partial charge on any atom is -0.481 e.